The molecule has 0 spiro atoms. The van der Waals surface area contributed by atoms with E-state index in [-0.39, 0.29) is 23.6 Å². The lowest BCUT2D eigenvalue weighted by Crippen LogP contribution is -2.42. The zero-order valence-electron chi connectivity index (χ0n) is 12.3. The number of hydrogen-bond acceptors (Lipinski definition) is 5. The molecule has 1 rings (SSSR count). The molecule has 0 aliphatic carbocycles. The van der Waals surface area contributed by atoms with E-state index in [4.69, 9.17) is 4.74 Å². The number of aliphatic hydroxyl groups is 1. The van der Waals surface area contributed by atoms with Crippen molar-refractivity contribution in [3.8, 4) is 5.75 Å². The van der Waals surface area contributed by atoms with E-state index in [1.807, 2.05) is 27.7 Å². The Kier molecular flexibility index (Phi) is 5.47. The van der Waals surface area contributed by atoms with Crippen molar-refractivity contribution in [3.63, 3.8) is 0 Å². The molecule has 0 heterocycles. The van der Waals surface area contributed by atoms with Crippen molar-refractivity contribution in [2.45, 2.75) is 39.3 Å². The van der Waals surface area contributed by atoms with Crippen LogP contribution in [0.15, 0.2) is 18.2 Å². The van der Waals surface area contributed by atoms with Crippen molar-refractivity contribution in [2.75, 3.05) is 13.2 Å². The number of nitro benzene ring substituents is 1. The number of nitrogens with zero attached hydrogens (tertiary/aromatic N) is 1. The molecule has 0 aliphatic rings. The van der Waals surface area contributed by atoms with Gasteiger partial charge in [0, 0.05) is 18.2 Å². The molecule has 0 saturated heterocycles. The van der Waals surface area contributed by atoms with Crippen molar-refractivity contribution in [1.29, 1.82) is 0 Å². The molecule has 0 aromatic heterocycles. The minimum absolute atomic E-state index is 0.00731. The van der Waals surface area contributed by atoms with Crippen molar-refractivity contribution in [1.82, 2.24) is 5.32 Å². The summed E-state index contributed by atoms with van der Waals surface area (Å²) in [6.45, 7) is 8.18. The van der Waals surface area contributed by atoms with Crippen LogP contribution in [0.3, 0.4) is 0 Å². The summed E-state index contributed by atoms with van der Waals surface area (Å²) in [5.74, 6) is 0.185. The second-order valence-electron chi connectivity index (χ2n) is 5.82. The van der Waals surface area contributed by atoms with Gasteiger partial charge in [-0.15, -0.1) is 0 Å². The smallest absolute Gasteiger partial charge is 0.310 e. The highest BCUT2D eigenvalue weighted by Gasteiger charge is 2.17. The van der Waals surface area contributed by atoms with Crippen LogP contribution in [0.5, 0.6) is 5.75 Å². The Balaban J connectivity index is 2.61. The highest BCUT2D eigenvalue weighted by atomic mass is 16.6. The summed E-state index contributed by atoms with van der Waals surface area (Å²) in [6.07, 6.45) is -0.727. The van der Waals surface area contributed by atoms with Crippen LogP contribution in [-0.2, 0) is 0 Å². The highest BCUT2D eigenvalue weighted by molar-refractivity contribution is 5.48. The van der Waals surface area contributed by atoms with Crippen molar-refractivity contribution < 1.29 is 14.8 Å². The Morgan fingerprint density at radius 2 is 2.10 bits per heavy atom. The molecule has 6 heteroatoms. The minimum Gasteiger partial charge on any atom is -0.484 e. The Morgan fingerprint density at radius 3 is 2.65 bits per heavy atom. The summed E-state index contributed by atoms with van der Waals surface area (Å²) in [5, 5.41) is 23.8. The molecule has 1 aromatic rings. The van der Waals surface area contributed by atoms with Crippen molar-refractivity contribution in [3.05, 3.63) is 33.9 Å². The fourth-order valence-corrected chi connectivity index (χ4v) is 1.56. The minimum atomic E-state index is -0.727. The summed E-state index contributed by atoms with van der Waals surface area (Å²) in [6, 6.07) is 4.66. The number of hydrogen-bond donors (Lipinski definition) is 2. The van der Waals surface area contributed by atoms with Gasteiger partial charge in [-0.1, -0.05) is 6.07 Å². The topological polar surface area (TPSA) is 84.6 Å². The van der Waals surface area contributed by atoms with Crippen LogP contribution in [0.2, 0.25) is 0 Å². The fraction of sp³-hybridized carbons (Fsp3) is 0.571. The van der Waals surface area contributed by atoms with Crippen molar-refractivity contribution >= 4 is 5.69 Å². The van der Waals surface area contributed by atoms with E-state index in [2.05, 4.69) is 5.32 Å². The lowest BCUT2D eigenvalue weighted by atomic mass is 10.1. The summed E-state index contributed by atoms with van der Waals surface area (Å²) >= 11 is 0. The van der Waals surface area contributed by atoms with E-state index in [1.54, 1.807) is 12.1 Å². The molecule has 2 N–H and O–H groups in total. The fourth-order valence-electron chi connectivity index (χ4n) is 1.56. The van der Waals surface area contributed by atoms with Gasteiger partial charge in [-0.05, 0) is 39.3 Å². The van der Waals surface area contributed by atoms with Crippen LogP contribution >= 0.6 is 0 Å². The summed E-state index contributed by atoms with van der Waals surface area (Å²) in [4.78, 5) is 10.4. The molecule has 112 valence electrons. The number of β-amino-alcohol motifs (C(OH)–C–C–N with tert-alkyl or cyclic N) is 1. The quantitative estimate of drug-likeness (QED) is 0.616. The molecule has 0 aliphatic heterocycles. The first-order chi connectivity index (χ1) is 9.19. The van der Waals surface area contributed by atoms with Crippen LogP contribution < -0.4 is 10.1 Å². The molecular weight excluding hydrogens is 260 g/mol. The number of nitrogens with one attached hydrogen (secondary N) is 1. The van der Waals surface area contributed by atoms with Gasteiger partial charge in [0.1, 0.15) is 12.7 Å². The maximum atomic E-state index is 10.9. The molecule has 1 atom stereocenters. The monoisotopic (exact) mass is 282 g/mol. The molecule has 0 radical (unpaired) electrons. The second kappa shape index (κ2) is 6.67. The number of rotatable bonds is 6. The van der Waals surface area contributed by atoms with Gasteiger partial charge in [0.25, 0.3) is 0 Å². The van der Waals surface area contributed by atoms with Gasteiger partial charge in [0.05, 0.1) is 4.92 Å². The molecule has 0 bridgehead atoms. The number of nitro groups is 1. The Hall–Kier alpha value is -1.66. The van der Waals surface area contributed by atoms with Gasteiger partial charge >= 0.3 is 5.69 Å². The third kappa shape index (κ3) is 5.54. The van der Waals surface area contributed by atoms with Gasteiger partial charge in [-0.3, -0.25) is 10.1 Å². The van der Waals surface area contributed by atoms with E-state index in [0.29, 0.717) is 6.54 Å². The van der Waals surface area contributed by atoms with Gasteiger partial charge in [0.15, 0.2) is 5.75 Å². The van der Waals surface area contributed by atoms with E-state index < -0.39 is 11.0 Å². The first kappa shape index (κ1) is 16.4. The normalized spacial score (nSPS) is 13.1. The standard InChI is InChI=1S/C14H22N2O4/c1-10-5-6-12(16(18)19)13(7-10)20-9-11(17)8-15-14(2,3)4/h5-7,11,15,17H,8-9H2,1-4H3/t11-/m1/s1. The van der Waals surface area contributed by atoms with E-state index in [0.717, 1.165) is 5.56 Å². The first-order valence-electron chi connectivity index (χ1n) is 6.50. The maximum Gasteiger partial charge on any atom is 0.310 e. The molecule has 0 unspecified atom stereocenters. The average molecular weight is 282 g/mol. The molecule has 6 nitrogen and oxygen atoms in total. The average Bonchev–Trinajstić information content (AvgIpc) is 2.32. The zero-order valence-corrected chi connectivity index (χ0v) is 12.3. The molecule has 0 fully saturated rings. The Bertz CT molecular complexity index is 469. The lowest BCUT2D eigenvalue weighted by Gasteiger charge is -2.22. The lowest BCUT2D eigenvalue weighted by molar-refractivity contribution is -0.385. The van der Waals surface area contributed by atoms with Crippen LogP contribution in [0, 0.1) is 17.0 Å². The first-order valence-corrected chi connectivity index (χ1v) is 6.50. The Morgan fingerprint density at radius 1 is 1.45 bits per heavy atom. The second-order valence-corrected chi connectivity index (χ2v) is 5.82. The zero-order chi connectivity index (χ0) is 15.3. The Labute approximate surface area is 118 Å². The van der Waals surface area contributed by atoms with Crippen LogP contribution in [0.4, 0.5) is 5.69 Å². The van der Waals surface area contributed by atoms with Crippen LogP contribution in [0.1, 0.15) is 26.3 Å². The van der Waals surface area contributed by atoms with E-state index in [9.17, 15) is 15.2 Å². The number of benzene rings is 1. The number of aryl methyl sites for hydroxylation is 1. The predicted molar refractivity (Wildman–Crippen MR) is 77.1 cm³/mol. The van der Waals surface area contributed by atoms with Crippen molar-refractivity contribution in [2.24, 2.45) is 0 Å². The largest absolute Gasteiger partial charge is 0.484 e. The predicted octanol–water partition coefficient (Wildman–Crippen LogP) is 2.03. The SMILES string of the molecule is Cc1ccc([N+](=O)[O-])c(OC[C@H](O)CNC(C)(C)C)c1. The summed E-state index contributed by atoms with van der Waals surface area (Å²) < 4.78 is 5.37. The highest BCUT2D eigenvalue weighted by Crippen LogP contribution is 2.27. The third-order valence-corrected chi connectivity index (χ3v) is 2.61. The third-order valence-electron chi connectivity index (χ3n) is 2.61. The van der Waals surface area contributed by atoms with E-state index in [1.165, 1.54) is 6.07 Å². The van der Waals surface area contributed by atoms with Gasteiger partial charge in [-0.2, -0.15) is 0 Å². The van der Waals surface area contributed by atoms with Gasteiger partial charge in [-0.25, -0.2) is 0 Å². The number of ether oxygens (including phenoxy) is 1. The molecule has 0 amide bonds. The van der Waals surface area contributed by atoms with Crippen LogP contribution in [-0.4, -0.2) is 34.8 Å². The summed E-state index contributed by atoms with van der Waals surface area (Å²) in [7, 11) is 0. The number of aliphatic hydroxyl groups excluding tert-OH is 1. The maximum absolute atomic E-state index is 10.9. The van der Waals surface area contributed by atoms with Gasteiger partial charge < -0.3 is 15.2 Å². The molecule has 0 saturated carbocycles. The molecule has 1 aromatic carbocycles. The van der Waals surface area contributed by atoms with Crippen LogP contribution in [0.25, 0.3) is 0 Å². The van der Waals surface area contributed by atoms with E-state index >= 15 is 0 Å². The van der Waals surface area contributed by atoms with Gasteiger partial charge in [0.2, 0.25) is 0 Å². The molecular formula is C14H22N2O4. The summed E-state index contributed by atoms with van der Waals surface area (Å²) in [5.41, 5.74) is 0.676. The molecule has 20 heavy (non-hydrogen) atoms.